The molecule has 0 aliphatic heterocycles. The number of anilines is 1. The van der Waals surface area contributed by atoms with Gasteiger partial charge in [0.15, 0.2) is 0 Å². The van der Waals surface area contributed by atoms with Crippen molar-refractivity contribution >= 4 is 23.4 Å². The number of carbonyl (C=O) groups is 1. The predicted molar refractivity (Wildman–Crippen MR) is 64.3 cm³/mol. The summed E-state index contributed by atoms with van der Waals surface area (Å²) in [7, 11) is 0. The van der Waals surface area contributed by atoms with Crippen molar-refractivity contribution < 1.29 is 9.90 Å². The molecule has 0 spiro atoms. The van der Waals surface area contributed by atoms with Crippen molar-refractivity contribution in [1.82, 2.24) is 4.98 Å². The van der Waals surface area contributed by atoms with E-state index in [9.17, 15) is 4.79 Å². The van der Waals surface area contributed by atoms with Crippen molar-refractivity contribution in [2.24, 2.45) is 0 Å². The molecule has 0 aliphatic rings. The fraction of sp³-hybridized carbons (Fsp3) is 0.273. The molecule has 0 saturated heterocycles. The third-order valence-corrected chi connectivity index (χ3v) is 2.50. The monoisotopic (exact) mass is 240 g/mol. The van der Waals surface area contributed by atoms with Gasteiger partial charge in [0.25, 0.3) is 0 Å². The summed E-state index contributed by atoms with van der Waals surface area (Å²) in [6, 6.07) is 1.38. The molecule has 1 aromatic heterocycles. The SMILES string of the molecule is C=CCN(CC)c1nccc(C(=O)O)c1Cl. The lowest BCUT2D eigenvalue weighted by Gasteiger charge is -2.21. The standard InChI is InChI=1S/C11H13ClN2O2/c1-3-7-14(4-2)10-9(12)8(11(15)16)5-6-13-10/h3,5-6H,1,4,7H2,2H3,(H,15,16). The Kier molecular flexibility index (Phi) is 4.31. The molecule has 5 heteroatoms. The van der Waals surface area contributed by atoms with E-state index in [0.29, 0.717) is 18.9 Å². The zero-order valence-electron chi connectivity index (χ0n) is 8.98. The maximum atomic E-state index is 10.9. The first kappa shape index (κ1) is 12.5. The minimum atomic E-state index is -1.05. The Bertz CT molecular complexity index is 407. The summed E-state index contributed by atoms with van der Waals surface area (Å²) in [4.78, 5) is 16.8. The van der Waals surface area contributed by atoms with Crippen molar-refractivity contribution in [3.63, 3.8) is 0 Å². The molecule has 0 atom stereocenters. The van der Waals surface area contributed by atoms with Gasteiger partial charge in [-0.15, -0.1) is 6.58 Å². The van der Waals surface area contributed by atoms with Crippen LogP contribution in [0.5, 0.6) is 0 Å². The summed E-state index contributed by atoms with van der Waals surface area (Å²) in [5, 5.41) is 9.09. The molecule has 0 fully saturated rings. The second-order valence-electron chi connectivity index (χ2n) is 3.13. The molecule has 86 valence electrons. The maximum absolute atomic E-state index is 10.9. The van der Waals surface area contributed by atoms with Gasteiger partial charge in [0.05, 0.1) is 10.6 Å². The number of pyridine rings is 1. The van der Waals surface area contributed by atoms with Crippen LogP contribution in [0.3, 0.4) is 0 Å². The van der Waals surface area contributed by atoms with E-state index in [-0.39, 0.29) is 10.6 Å². The minimum Gasteiger partial charge on any atom is -0.478 e. The van der Waals surface area contributed by atoms with Crippen LogP contribution in [0.4, 0.5) is 5.82 Å². The summed E-state index contributed by atoms with van der Waals surface area (Å²) in [5.74, 6) is -0.577. The molecular weight excluding hydrogens is 228 g/mol. The smallest absolute Gasteiger partial charge is 0.337 e. The van der Waals surface area contributed by atoms with Crippen molar-refractivity contribution in [1.29, 1.82) is 0 Å². The summed E-state index contributed by atoms with van der Waals surface area (Å²) >= 11 is 5.99. The van der Waals surface area contributed by atoms with Crippen molar-refractivity contribution in [3.8, 4) is 0 Å². The predicted octanol–water partition coefficient (Wildman–Crippen LogP) is 2.45. The molecular formula is C11H13ClN2O2. The molecule has 4 nitrogen and oxygen atoms in total. The summed E-state index contributed by atoms with van der Waals surface area (Å²) < 4.78 is 0. The van der Waals surface area contributed by atoms with Crippen molar-refractivity contribution in [2.45, 2.75) is 6.92 Å². The highest BCUT2D eigenvalue weighted by Crippen LogP contribution is 2.26. The summed E-state index contributed by atoms with van der Waals surface area (Å²) in [6.45, 7) is 6.83. The Morgan fingerprint density at radius 2 is 2.44 bits per heavy atom. The number of hydrogen-bond donors (Lipinski definition) is 1. The van der Waals surface area contributed by atoms with Gasteiger partial charge >= 0.3 is 5.97 Å². The number of aromatic carboxylic acids is 1. The van der Waals surface area contributed by atoms with Gasteiger partial charge < -0.3 is 10.0 Å². The first-order valence-electron chi connectivity index (χ1n) is 4.85. The number of carboxylic acid groups (broad SMARTS) is 1. The van der Waals surface area contributed by atoms with Crippen molar-refractivity contribution in [3.05, 3.63) is 35.5 Å². The Hall–Kier alpha value is -1.55. The first-order chi connectivity index (χ1) is 7.61. The molecule has 1 heterocycles. The third kappa shape index (κ3) is 2.52. The lowest BCUT2D eigenvalue weighted by molar-refractivity contribution is 0.0697. The second kappa shape index (κ2) is 5.51. The largest absolute Gasteiger partial charge is 0.478 e. The van der Waals surface area contributed by atoms with Crippen LogP contribution in [0.1, 0.15) is 17.3 Å². The molecule has 0 aromatic carbocycles. The number of carboxylic acids is 1. The highest BCUT2D eigenvalue weighted by molar-refractivity contribution is 6.35. The van der Waals surface area contributed by atoms with Crippen molar-refractivity contribution in [2.75, 3.05) is 18.0 Å². The van der Waals surface area contributed by atoms with Crippen LogP contribution >= 0.6 is 11.6 Å². The van der Waals surface area contributed by atoms with E-state index in [4.69, 9.17) is 16.7 Å². The fourth-order valence-electron chi connectivity index (χ4n) is 1.34. The fourth-order valence-corrected chi connectivity index (χ4v) is 1.65. The average Bonchev–Trinajstić information content (AvgIpc) is 2.26. The quantitative estimate of drug-likeness (QED) is 0.804. The number of likely N-dealkylation sites (N-methyl/N-ethyl adjacent to an activating group) is 1. The number of aromatic nitrogens is 1. The van der Waals surface area contributed by atoms with Gasteiger partial charge in [0, 0.05) is 19.3 Å². The molecule has 0 unspecified atom stereocenters. The Morgan fingerprint density at radius 1 is 1.75 bits per heavy atom. The van der Waals surface area contributed by atoms with Crippen LogP contribution in [0.2, 0.25) is 5.02 Å². The first-order valence-corrected chi connectivity index (χ1v) is 5.23. The van der Waals surface area contributed by atoms with Gasteiger partial charge in [-0.3, -0.25) is 0 Å². The van der Waals surface area contributed by atoms with Gasteiger partial charge in [-0.1, -0.05) is 17.7 Å². The molecule has 1 aromatic rings. The van der Waals surface area contributed by atoms with E-state index in [0.717, 1.165) is 0 Å². The van der Waals surface area contributed by atoms with Crippen LogP contribution in [0.15, 0.2) is 24.9 Å². The highest BCUT2D eigenvalue weighted by Gasteiger charge is 2.16. The summed E-state index contributed by atoms with van der Waals surface area (Å²) in [5.41, 5.74) is 0.0641. The molecule has 16 heavy (non-hydrogen) atoms. The Labute approximate surface area is 99.2 Å². The van der Waals surface area contributed by atoms with E-state index in [2.05, 4.69) is 11.6 Å². The molecule has 0 amide bonds. The second-order valence-corrected chi connectivity index (χ2v) is 3.51. The normalized spacial score (nSPS) is 9.88. The number of nitrogens with zero attached hydrogens (tertiary/aromatic N) is 2. The zero-order chi connectivity index (χ0) is 12.1. The Balaban J connectivity index is 3.17. The van der Waals surface area contributed by atoms with Gasteiger partial charge in [0.1, 0.15) is 5.82 Å². The Morgan fingerprint density at radius 3 is 2.94 bits per heavy atom. The molecule has 1 rings (SSSR count). The molecule has 1 N–H and O–H groups in total. The lowest BCUT2D eigenvalue weighted by Crippen LogP contribution is -2.24. The number of hydrogen-bond acceptors (Lipinski definition) is 3. The van der Waals surface area contributed by atoms with Gasteiger partial charge in [-0.05, 0) is 13.0 Å². The van der Waals surface area contributed by atoms with E-state index in [1.807, 2.05) is 11.8 Å². The molecule has 0 bridgehead atoms. The van der Waals surface area contributed by atoms with Gasteiger partial charge in [-0.2, -0.15) is 0 Å². The number of halogens is 1. The maximum Gasteiger partial charge on any atom is 0.337 e. The van der Waals surface area contributed by atoms with E-state index in [1.165, 1.54) is 12.3 Å². The van der Waals surface area contributed by atoms with Crippen LogP contribution in [0.25, 0.3) is 0 Å². The minimum absolute atomic E-state index is 0.0641. The third-order valence-electron chi connectivity index (χ3n) is 2.13. The average molecular weight is 241 g/mol. The van der Waals surface area contributed by atoms with Gasteiger partial charge in [0.2, 0.25) is 0 Å². The lowest BCUT2D eigenvalue weighted by atomic mass is 10.2. The van der Waals surface area contributed by atoms with Crippen LogP contribution in [0, 0.1) is 0 Å². The van der Waals surface area contributed by atoms with Crippen LogP contribution in [-0.4, -0.2) is 29.1 Å². The topological polar surface area (TPSA) is 53.4 Å². The number of rotatable bonds is 5. The van der Waals surface area contributed by atoms with E-state index < -0.39 is 5.97 Å². The highest BCUT2D eigenvalue weighted by atomic mass is 35.5. The molecule has 0 aliphatic carbocycles. The molecule has 0 saturated carbocycles. The van der Waals surface area contributed by atoms with Gasteiger partial charge in [-0.25, -0.2) is 9.78 Å². The van der Waals surface area contributed by atoms with E-state index >= 15 is 0 Å². The molecule has 0 radical (unpaired) electrons. The van der Waals surface area contributed by atoms with Crippen LogP contribution in [-0.2, 0) is 0 Å². The van der Waals surface area contributed by atoms with Crippen LogP contribution < -0.4 is 4.90 Å². The zero-order valence-corrected chi connectivity index (χ0v) is 9.74. The summed E-state index contributed by atoms with van der Waals surface area (Å²) in [6.07, 6.45) is 3.16. The van der Waals surface area contributed by atoms with E-state index in [1.54, 1.807) is 6.08 Å².